The third kappa shape index (κ3) is 3.84. The third-order valence-corrected chi connectivity index (χ3v) is 3.31. The van der Waals surface area contributed by atoms with Crippen LogP contribution in [0.1, 0.15) is 19.1 Å². The summed E-state index contributed by atoms with van der Waals surface area (Å²) in [6.07, 6.45) is 0.908. The summed E-state index contributed by atoms with van der Waals surface area (Å²) >= 11 is 9.23. The van der Waals surface area contributed by atoms with Crippen LogP contribution in [-0.2, 0) is 4.84 Å². The number of benzene rings is 1. The van der Waals surface area contributed by atoms with Gasteiger partial charge >= 0.3 is 0 Å². The molecule has 1 aromatic heterocycles. The van der Waals surface area contributed by atoms with Gasteiger partial charge in [-0.2, -0.15) is 0 Å². The Kier molecular flexibility index (Phi) is 5.61. The number of aromatic nitrogens is 1. The Hall–Kier alpha value is -1.33. The van der Waals surface area contributed by atoms with Crippen molar-refractivity contribution in [2.45, 2.75) is 13.3 Å². The first kappa shape index (κ1) is 15.1. The van der Waals surface area contributed by atoms with E-state index in [0.29, 0.717) is 28.4 Å². The van der Waals surface area contributed by atoms with E-state index < -0.39 is 0 Å². The standard InChI is InChI=1S/C14H14BrClN2O2/c1-2-7-19-17-13(9-15)14-8-12(18-20-14)10-3-5-11(16)6-4-10/h3-6,8H,2,7,9H2,1H3. The smallest absolute Gasteiger partial charge is 0.185 e. The van der Waals surface area contributed by atoms with Crippen molar-refractivity contribution < 1.29 is 9.36 Å². The molecule has 2 aromatic rings. The average molecular weight is 358 g/mol. The van der Waals surface area contributed by atoms with E-state index in [2.05, 4.69) is 26.2 Å². The minimum Gasteiger partial charge on any atom is -0.395 e. The van der Waals surface area contributed by atoms with Gasteiger partial charge < -0.3 is 9.36 Å². The molecule has 1 aromatic carbocycles. The molecule has 1 heterocycles. The number of hydrogen-bond donors (Lipinski definition) is 0. The first-order valence-electron chi connectivity index (χ1n) is 6.22. The molecule has 0 fully saturated rings. The highest BCUT2D eigenvalue weighted by Crippen LogP contribution is 2.21. The minimum atomic E-state index is 0.534. The molecular weight excluding hydrogens is 344 g/mol. The molecule has 0 aliphatic heterocycles. The fourth-order valence-electron chi connectivity index (χ4n) is 1.52. The number of oxime groups is 1. The number of rotatable bonds is 6. The monoisotopic (exact) mass is 356 g/mol. The Morgan fingerprint density at radius 3 is 2.80 bits per heavy atom. The van der Waals surface area contributed by atoms with Gasteiger partial charge in [0.15, 0.2) is 5.76 Å². The molecule has 0 atom stereocenters. The second-order valence-electron chi connectivity index (χ2n) is 4.09. The summed E-state index contributed by atoms with van der Waals surface area (Å²) < 4.78 is 5.31. The van der Waals surface area contributed by atoms with Crippen LogP contribution in [0.2, 0.25) is 5.02 Å². The number of halogens is 2. The van der Waals surface area contributed by atoms with Crippen molar-refractivity contribution in [1.82, 2.24) is 5.16 Å². The zero-order valence-electron chi connectivity index (χ0n) is 11.0. The van der Waals surface area contributed by atoms with Gasteiger partial charge in [0.2, 0.25) is 0 Å². The Balaban J connectivity index is 2.18. The van der Waals surface area contributed by atoms with Gasteiger partial charge in [-0.05, 0) is 18.6 Å². The molecule has 2 rings (SSSR count). The first-order valence-corrected chi connectivity index (χ1v) is 7.72. The maximum absolute atomic E-state index is 5.86. The van der Waals surface area contributed by atoms with Crippen LogP contribution in [0.5, 0.6) is 0 Å². The molecule has 0 aliphatic carbocycles. The summed E-state index contributed by atoms with van der Waals surface area (Å²) in [5, 5.41) is 9.30. The van der Waals surface area contributed by atoms with Crippen LogP contribution in [0.15, 0.2) is 40.0 Å². The molecule has 6 heteroatoms. The van der Waals surface area contributed by atoms with Crippen LogP contribution in [0.25, 0.3) is 11.3 Å². The Morgan fingerprint density at radius 2 is 2.15 bits per heavy atom. The summed E-state index contributed by atoms with van der Waals surface area (Å²) in [5.41, 5.74) is 2.35. The van der Waals surface area contributed by atoms with Gasteiger partial charge in [0.25, 0.3) is 0 Å². The van der Waals surface area contributed by atoms with E-state index in [0.717, 1.165) is 17.7 Å². The van der Waals surface area contributed by atoms with E-state index >= 15 is 0 Å². The lowest BCUT2D eigenvalue weighted by Crippen LogP contribution is -2.02. The zero-order chi connectivity index (χ0) is 14.4. The summed E-state index contributed by atoms with van der Waals surface area (Å²) in [6, 6.07) is 9.24. The SMILES string of the molecule is CCCON=C(CBr)c1cc(-c2ccc(Cl)cc2)no1. The summed E-state index contributed by atoms with van der Waals surface area (Å²) in [6.45, 7) is 2.60. The van der Waals surface area contributed by atoms with Crippen LogP contribution in [-0.4, -0.2) is 22.8 Å². The lowest BCUT2D eigenvalue weighted by Gasteiger charge is -1.98. The Morgan fingerprint density at radius 1 is 1.40 bits per heavy atom. The molecule has 0 amide bonds. The van der Waals surface area contributed by atoms with Gasteiger partial charge in [0, 0.05) is 16.7 Å². The first-order chi connectivity index (χ1) is 9.74. The molecule has 0 radical (unpaired) electrons. The summed E-state index contributed by atoms with van der Waals surface area (Å²) in [4.78, 5) is 5.17. The van der Waals surface area contributed by atoms with Crippen molar-refractivity contribution in [1.29, 1.82) is 0 Å². The second-order valence-corrected chi connectivity index (χ2v) is 5.09. The largest absolute Gasteiger partial charge is 0.395 e. The van der Waals surface area contributed by atoms with Crippen molar-refractivity contribution >= 4 is 33.2 Å². The maximum atomic E-state index is 5.86. The van der Waals surface area contributed by atoms with Crippen molar-refractivity contribution in [3.63, 3.8) is 0 Å². The highest BCUT2D eigenvalue weighted by molar-refractivity contribution is 9.09. The van der Waals surface area contributed by atoms with Crippen LogP contribution in [0, 0.1) is 0 Å². The van der Waals surface area contributed by atoms with Crippen molar-refractivity contribution in [2.24, 2.45) is 5.16 Å². The lowest BCUT2D eigenvalue weighted by molar-refractivity contribution is 0.144. The molecule has 0 spiro atoms. The average Bonchev–Trinajstić information content (AvgIpc) is 2.94. The van der Waals surface area contributed by atoms with Gasteiger partial charge in [0.05, 0.1) is 5.33 Å². The molecule has 0 saturated heterocycles. The minimum absolute atomic E-state index is 0.534. The van der Waals surface area contributed by atoms with Crippen molar-refractivity contribution in [2.75, 3.05) is 11.9 Å². The topological polar surface area (TPSA) is 47.6 Å². The molecule has 106 valence electrons. The van der Waals surface area contributed by atoms with E-state index in [-0.39, 0.29) is 0 Å². The fourth-order valence-corrected chi connectivity index (χ4v) is 2.02. The molecule has 20 heavy (non-hydrogen) atoms. The van der Waals surface area contributed by atoms with E-state index in [9.17, 15) is 0 Å². The van der Waals surface area contributed by atoms with E-state index in [1.54, 1.807) is 0 Å². The molecule has 0 bridgehead atoms. The van der Waals surface area contributed by atoms with Gasteiger partial charge in [0.1, 0.15) is 18.0 Å². The number of nitrogens with zero attached hydrogens (tertiary/aromatic N) is 2. The second kappa shape index (κ2) is 7.45. The molecule has 0 N–H and O–H groups in total. The normalized spacial score (nSPS) is 11.7. The van der Waals surface area contributed by atoms with Gasteiger partial charge in [-0.1, -0.05) is 56.9 Å². The maximum Gasteiger partial charge on any atom is 0.185 e. The van der Waals surface area contributed by atoms with Gasteiger partial charge in [-0.3, -0.25) is 0 Å². The van der Waals surface area contributed by atoms with E-state index in [4.69, 9.17) is 21.0 Å². The van der Waals surface area contributed by atoms with Crippen LogP contribution in [0.4, 0.5) is 0 Å². The summed E-state index contributed by atoms with van der Waals surface area (Å²) in [7, 11) is 0. The van der Waals surface area contributed by atoms with E-state index in [1.807, 2.05) is 37.3 Å². The predicted molar refractivity (Wildman–Crippen MR) is 83.5 cm³/mol. The highest BCUT2D eigenvalue weighted by atomic mass is 79.9. The Labute approximate surface area is 130 Å². The number of hydrogen-bond acceptors (Lipinski definition) is 4. The van der Waals surface area contributed by atoms with Gasteiger partial charge in [-0.15, -0.1) is 0 Å². The predicted octanol–water partition coefficient (Wildman–Crippen LogP) is 4.52. The van der Waals surface area contributed by atoms with E-state index in [1.165, 1.54) is 0 Å². The molecule has 0 unspecified atom stereocenters. The summed E-state index contributed by atoms with van der Waals surface area (Å²) in [5.74, 6) is 0.586. The van der Waals surface area contributed by atoms with Crippen LogP contribution in [0.3, 0.4) is 0 Å². The van der Waals surface area contributed by atoms with Crippen molar-refractivity contribution in [3.05, 3.63) is 41.1 Å². The lowest BCUT2D eigenvalue weighted by atomic mass is 10.1. The highest BCUT2D eigenvalue weighted by Gasteiger charge is 2.12. The third-order valence-electron chi connectivity index (χ3n) is 2.53. The van der Waals surface area contributed by atoms with Crippen molar-refractivity contribution in [3.8, 4) is 11.3 Å². The molecule has 0 aliphatic rings. The van der Waals surface area contributed by atoms with Gasteiger partial charge in [-0.25, -0.2) is 0 Å². The Bertz CT molecular complexity index is 581. The molecule has 4 nitrogen and oxygen atoms in total. The molecular formula is C14H14BrClN2O2. The van der Waals surface area contributed by atoms with Crippen LogP contribution >= 0.6 is 27.5 Å². The number of alkyl halides is 1. The zero-order valence-corrected chi connectivity index (χ0v) is 13.3. The fraction of sp³-hybridized carbons (Fsp3) is 0.286. The quantitative estimate of drug-likeness (QED) is 0.330. The van der Waals surface area contributed by atoms with Crippen LogP contribution < -0.4 is 0 Å². The molecule has 0 saturated carbocycles.